The second-order valence-electron chi connectivity index (χ2n) is 5.76. The predicted molar refractivity (Wildman–Crippen MR) is 79.1 cm³/mol. The number of hydrogen-bond donors (Lipinski definition) is 1. The van der Waals surface area contributed by atoms with Crippen molar-refractivity contribution in [1.82, 2.24) is 19.9 Å². The van der Waals surface area contributed by atoms with Crippen molar-refractivity contribution in [2.24, 2.45) is 0 Å². The molecule has 112 valence electrons. The average molecular weight is 288 g/mol. The molecule has 21 heavy (non-hydrogen) atoms. The van der Waals surface area contributed by atoms with E-state index < -0.39 is 11.7 Å². The van der Waals surface area contributed by atoms with Crippen LogP contribution in [0.15, 0.2) is 37.1 Å². The molecule has 2 aromatic rings. The number of aromatic nitrogens is 3. The van der Waals surface area contributed by atoms with E-state index in [1.165, 1.54) is 0 Å². The lowest BCUT2D eigenvalue weighted by atomic mass is 10.2. The summed E-state index contributed by atoms with van der Waals surface area (Å²) in [7, 11) is 0. The van der Waals surface area contributed by atoms with Crippen LogP contribution in [0.25, 0.3) is 5.69 Å². The van der Waals surface area contributed by atoms with Gasteiger partial charge in [0.05, 0.1) is 24.3 Å². The average Bonchev–Trinajstić information content (AvgIpc) is 2.86. The maximum atomic E-state index is 11.8. The molecular formula is C15H20N4O2. The lowest BCUT2D eigenvalue weighted by Crippen LogP contribution is -2.34. The fourth-order valence-corrected chi connectivity index (χ4v) is 1.90. The molecule has 0 aliphatic rings. The Bertz CT molecular complexity index is 602. The number of nitrogens with zero attached hydrogens (tertiary/aromatic N) is 3. The third-order valence-electron chi connectivity index (χ3n) is 2.78. The normalized spacial score (nSPS) is 12.8. The van der Waals surface area contributed by atoms with Crippen molar-refractivity contribution in [2.45, 2.75) is 39.3 Å². The van der Waals surface area contributed by atoms with E-state index in [1.54, 1.807) is 24.9 Å². The molecule has 2 heterocycles. The zero-order valence-corrected chi connectivity index (χ0v) is 12.7. The zero-order chi connectivity index (χ0) is 15.5. The number of rotatable bonds is 3. The van der Waals surface area contributed by atoms with Crippen molar-refractivity contribution in [3.63, 3.8) is 0 Å². The van der Waals surface area contributed by atoms with Crippen molar-refractivity contribution in [2.75, 3.05) is 0 Å². The molecule has 0 fully saturated rings. The van der Waals surface area contributed by atoms with Gasteiger partial charge in [-0.3, -0.25) is 4.98 Å². The molecule has 0 spiro atoms. The van der Waals surface area contributed by atoms with Crippen LogP contribution in [0.2, 0.25) is 0 Å². The van der Waals surface area contributed by atoms with Gasteiger partial charge >= 0.3 is 6.09 Å². The quantitative estimate of drug-likeness (QED) is 0.943. The molecule has 1 unspecified atom stereocenters. The number of carbonyl (C=O) groups is 1. The highest BCUT2D eigenvalue weighted by Crippen LogP contribution is 2.17. The largest absolute Gasteiger partial charge is 0.444 e. The minimum Gasteiger partial charge on any atom is -0.444 e. The zero-order valence-electron chi connectivity index (χ0n) is 12.7. The highest BCUT2D eigenvalue weighted by Gasteiger charge is 2.20. The lowest BCUT2D eigenvalue weighted by molar-refractivity contribution is 0.0506. The van der Waals surface area contributed by atoms with Gasteiger partial charge in [-0.05, 0) is 39.8 Å². The SMILES string of the molecule is CC(NC(=O)OC(C)(C)C)c1cncn1-c1ccncc1. The fourth-order valence-electron chi connectivity index (χ4n) is 1.90. The van der Waals surface area contributed by atoms with E-state index in [0.29, 0.717) is 0 Å². The summed E-state index contributed by atoms with van der Waals surface area (Å²) in [5.41, 5.74) is 1.29. The first-order chi connectivity index (χ1) is 9.87. The summed E-state index contributed by atoms with van der Waals surface area (Å²) in [5.74, 6) is 0. The highest BCUT2D eigenvalue weighted by molar-refractivity contribution is 5.68. The Kier molecular flexibility index (Phi) is 4.26. The standard InChI is InChI=1S/C15H20N4O2/c1-11(18-14(20)21-15(2,3)4)13-9-17-10-19(13)12-5-7-16-8-6-12/h5-11H,1-4H3,(H,18,20). The van der Waals surface area contributed by atoms with Crippen LogP contribution in [-0.4, -0.2) is 26.2 Å². The molecule has 0 bridgehead atoms. The van der Waals surface area contributed by atoms with Crippen LogP contribution in [0, 0.1) is 0 Å². The van der Waals surface area contributed by atoms with Gasteiger partial charge in [0.1, 0.15) is 5.60 Å². The van der Waals surface area contributed by atoms with Crippen LogP contribution >= 0.6 is 0 Å². The van der Waals surface area contributed by atoms with Gasteiger partial charge in [-0.15, -0.1) is 0 Å². The maximum Gasteiger partial charge on any atom is 0.408 e. The summed E-state index contributed by atoms with van der Waals surface area (Å²) in [4.78, 5) is 20.0. The summed E-state index contributed by atoms with van der Waals surface area (Å²) in [5, 5.41) is 2.81. The third kappa shape index (κ3) is 4.05. The number of hydrogen-bond acceptors (Lipinski definition) is 4. The number of nitrogens with one attached hydrogen (secondary N) is 1. The van der Waals surface area contributed by atoms with Crippen molar-refractivity contribution in [1.29, 1.82) is 0 Å². The number of pyridine rings is 1. The number of carbonyl (C=O) groups excluding carboxylic acids is 1. The number of imidazole rings is 1. The van der Waals surface area contributed by atoms with Gasteiger partial charge in [0.2, 0.25) is 0 Å². The molecule has 2 rings (SSSR count). The Morgan fingerprint density at radius 3 is 2.57 bits per heavy atom. The molecular weight excluding hydrogens is 268 g/mol. The first kappa shape index (κ1) is 15.0. The van der Waals surface area contributed by atoms with Crippen molar-refractivity contribution >= 4 is 6.09 Å². The minimum absolute atomic E-state index is 0.226. The summed E-state index contributed by atoms with van der Waals surface area (Å²) < 4.78 is 7.17. The summed E-state index contributed by atoms with van der Waals surface area (Å²) >= 11 is 0. The topological polar surface area (TPSA) is 69.0 Å². The minimum atomic E-state index is -0.519. The fraction of sp³-hybridized carbons (Fsp3) is 0.400. The van der Waals surface area contributed by atoms with Crippen LogP contribution < -0.4 is 5.32 Å². The molecule has 6 nitrogen and oxygen atoms in total. The second-order valence-corrected chi connectivity index (χ2v) is 5.76. The number of alkyl carbamates (subject to hydrolysis) is 1. The van der Waals surface area contributed by atoms with Gasteiger partial charge < -0.3 is 14.6 Å². The van der Waals surface area contributed by atoms with Crippen LogP contribution in [0.4, 0.5) is 4.79 Å². The van der Waals surface area contributed by atoms with E-state index in [2.05, 4.69) is 15.3 Å². The van der Waals surface area contributed by atoms with Crippen molar-refractivity contribution in [3.8, 4) is 5.69 Å². The maximum absolute atomic E-state index is 11.8. The molecule has 1 amide bonds. The first-order valence-corrected chi connectivity index (χ1v) is 6.79. The molecule has 2 aromatic heterocycles. The summed E-state index contributed by atoms with van der Waals surface area (Å²) in [6.45, 7) is 7.38. The van der Waals surface area contributed by atoms with Gasteiger partial charge in [-0.2, -0.15) is 0 Å². The van der Waals surface area contributed by atoms with Crippen LogP contribution in [0.3, 0.4) is 0 Å². The smallest absolute Gasteiger partial charge is 0.408 e. The molecule has 0 aliphatic heterocycles. The van der Waals surface area contributed by atoms with Crippen molar-refractivity contribution < 1.29 is 9.53 Å². The van der Waals surface area contributed by atoms with E-state index in [1.807, 2.05) is 44.4 Å². The van der Waals surface area contributed by atoms with Crippen LogP contribution in [0.5, 0.6) is 0 Å². The molecule has 0 saturated carbocycles. The Balaban J connectivity index is 2.13. The molecule has 0 saturated heterocycles. The Morgan fingerprint density at radius 2 is 1.95 bits per heavy atom. The van der Waals surface area contributed by atoms with E-state index in [0.717, 1.165) is 11.4 Å². The van der Waals surface area contributed by atoms with Crippen molar-refractivity contribution in [3.05, 3.63) is 42.7 Å². The highest BCUT2D eigenvalue weighted by atomic mass is 16.6. The van der Waals surface area contributed by atoms with Crippen LogP contribution in [0.1, 0.15) is 39.4 Å². The van der Waals surface area contributed by atoms with E-state index in [9.17, 15) is 4.79 Å². The van der Waals surface area contributed by atoms with E-state index in [-0.39, 0.29) is 6.04 Å². The van der Waals surface area contributed by atoms with E-state index in [4.69, 9.17) is 4.74 Å². The van der Waals surface area contributed by atoms with E-state index >= 15 is 0 Å². The second kappa shape index (κ2) is 5.95. The molecule has 0 radical (unpaired) electrons. The van der Waals surface area contributed by atoms with Gasteiger partial charge in [-0.1, -0.05) is 0 Å². The number of ether oxygens (including phenoxy) is 1. The Hall–Kier alpha value is -2.37. The monoisotopic (exact) mass is 288 g/mol. The predicted octanol–water partition coefficient (Wildman–Crippen LogP) is 2.85. The van der Waals surface area contributed by atoms with Gasteiger partial charge in [0.25, 0.3) is 0 Å². The molecule has 0 aromatic carbocycles. The third-order valence-corrected chi connectivity index (χ3v) is 2.78. The van der Waals surface area contributed by atoms with Crippen LogP contribution in [-0.2, 0) is 4.74 Å². The van der Waals surface area contributed by atoms with Gasteiger partial charge in [0.15, 0.2) is 0 Å². The Morgan fingerprint density at radius 1 is 1.29 bits per heavy atom. The summed E-state index contributed by atoms with van der Waals surface area (Å²) in [6, 6.07) is 3.53. The van der Waals surface area contributed by atoms with Gasteiger partial charge in [0, 0.05) is 18.1 Å². The first-order valence-electron chi connectivity index (χ1n) is 6.79. The molecule has 1 N–H and O–H groups in total. The summed E-state index contributed by atoms with van der Waals surface area (Å²) in [6.07, 6.45) is 6.41. The molecule has 1 atom stereocenters. The lowest BCUT2D eigenvalue weighted by Gasteiger charge is -2.22. The molecule has 6 heteroatoms. The Labute approximate surface area is 124 Å². The molecule has 0 aliphatic carbocycles. The number of amides is 1. The van der Waals surface area contributed by atoms with Gasteiger partial charge in [-0.25, -0.2) is 9.78 Å².